The summed E-state index contributed by atoms with van der Waals surface area (Å²) in [5.74, 6) is 0. The van der Waals surface area contributed by atoms with Crippen LogP contribution in [0.3, 0.4) is 0 Å². The third-order valence-corrected chi connectivity index (χ3v) is 10.9. The average molecular weight is 665 g/mol. The number of hydrogen-bond donors (Lipinski definition) is 0. The van der Waals surface area contributed by atoms with E-state index in [1.807, 2.05) is 6.07 Å². The zero-order valence-electron chi connectivity index (χ0n) is 27.9. The summed E-state index contributed by atoms with van der Waals surface area (Å²) in [7, 11) is 0. The van der Waals surface area contributed by atoms with E-state index in [1.165, 1.54) is 27.2 Å². The molecule has 0 saturated carbocycles. The molecule has 0 saturated heterocycles. The summed E-state index contributed by atoms with van der Waals surface area (Å²) >= 11 is 0. The molecule has 0 atom stereocenters. The van der Waals surface area contributed by atoms with Gasteiger partial charge in [-0.1, -0.05) is 97.1 Å². The number of nitrogens with zero attached hydrogens (tertiary/aromatic N) is 2. The predicted molar refractivity (Wildman–Crippen MR) is 215 cm³/mol. The van der Waals surface area contributed by atoms with Gasteiger partial charge in [-0.15, -0.1) is 0 Å². The average Bonchev–Trinajstić information content (AvgIpc) is 3.95. The molecule has 8 aromatic carbocycles. The number of aromatic nitrogens is 2. The minimum atomic E-state index is 0.876. The van der Waals surface area contributed by atoms with Gasteiger partial charge in [-0.3, -0.25) is 0 Å². The predicted octanol–water partition coefficient (Wildman–Crippen LogP) is 13.3. The molecule has 0 spiro atoms. The SMILES string of the molecule is c1ccc(-n2c3ccc(-c4cccc5oc6ccc(-n7c8ccccc8c8ccccc87)cc6c45)cc3c3ccc4c5ccccc5oc4c32)cc1. The zero-order valence-corrected chi connectivity index (χ0v) is 27.9. The molecule has 52 heavy (non-hydrogen) atoms. The topological polar surface area (TPSA) is 36.1 Å². The van der Waals surface area contributed by atoms with Crippen LogP contribution >= 0.6 is 0 Å². The van der Waals surface area contributed by atoms with Crippen LogP contribution in [0, 0.1) is 0 Å². The second-order valence-electron chi connectivity index (χ2n) is 13.7. The second-order valence-corrected chi connectivity index (χ2v) is 13.7. The van der Waals surface area contributed by atoms with Crippen molar-refractivity contribution in [1.29, 1.82) is 0 Å². The number of hydrogen-bond acceptors (Lipinski definition) is 2. The summed E-state index contributed by atoms with van der Waals surface area (Å²) in [6, 6.07) is 60.5. The Kier molecular flexibility index (Phi) is 5.47. The van der Waals surface area contributed by atoms with Crippen LogP contribution in [-0.2, 0) is 0 Å². The van der Waals surface area contributed by atoms with Crippen LogP contribution in [-0.4, -0.2) is 9.13 Å². The van der Waals surface area contributed by atoms with E-state index in [0.29, 0.717) is 0 Å². The number of furan rings is 2. The van der Waals surface area contributed by atoms with E-state index in [1.54, 1.807) is 0 Å². The Balaban J connectivity index is 1.12. The monoisotopic (exact) mass is 664 g/mol. The van der Waals surface area contributed by atoms with Crippen molar-refractivity contribution in [3.05, 3.63) is 170 Å². The molecule has 0 unspecified atom stereocenters. The van der Waals surface area contributed by atoms with Gasteiger partial charge in [0, 0.05) is 54.5 Å². The molecule has 0 fully saturated rings. The Bertz CT molecular complexity index is 3360. The molecular weight excluding hydrogens is 637 g/mol. The molecule has 242 valence electrons. The van der Waals surface area contributed by atoms with Crippen molar-refractivity contribution in [2.24, 2.45) is 0 Å². The van der Waals surface area contributed by atoms with Crippen LogP contribution in [0.1, 0.15) is 0 Å². The van der Waals surface area contributed by atoms with Crippen LogP contribution in [0.2, 0.25) is 0 Å². The quantitative estimate of drug-likeness (QED) is 0.188. The first-order valence-corrected chi connectivity index (χ1v) is 17.7. The maximum absolute atomic E-state index is 6.63. The Labute approximate surface area is 296 Å². The smallest absolute Gasteiger partial charge is 0.160 e. The molecule has 0 radical (unpaired) electrons. The van der Waals surface area contributed by atoms with Crippen LogP contribution in [0.25, 0.3) is 110 Å². The maximum atomic E-state index is 6.63. The van der Waals surface area contributed by atoms with Crippen molar-refractivity contribution < 1.29 is 8.83 Å². The van der Waals surface area contributed by atoms with Crippen molar-refractivity contribution in [3.8, 4) is 22.5 Å². The molecule has 0 N–H and O–H groups in total. The molecule has 0 aliphatic rings. The van der Waals surface area contributed by atoms with Crippen molar-refractivity contribution in [3.63, 3.8) is 0 Å². The zero-order chi connectivity index (χ0) is 33.9. The second kappa shape index (κ2) is 10.3. The van der Waals surface area contributed by atoms with Gasteiger partial charge in [0.05, 0.1) is 22.1 Å². The lowest BCUT2D eigenvalue weighted by atomic mass is 9.97. The van der Waals surface area contributed by atoms with Gasteiger partial charge < -0.3 is 18.0 Å². The van der Waals surface area contributed by atoms with E-state index in [-0.39, 0.29) is 0 Å². The Hall–Kier alpha value is -7.04. The van der Waals surface area contributed by atoms with Crippen LogP contribution in [0.15, 0.2) is 179 Å². The van der Waals surface area contributed by atoms with Gasteiger partial charge in [-0.25, -0.2) is 0 Å². The van der Waals surface area contributed by atoms with Gasteiger partial charge in [0.15, 0.2) is 5.58 Å². The summed E-state index contributed by atoms with van der Waals surface area (Å²) < 4.78 is 17.9. The molecule has 0 aliphatic carbocycles. The van der Waals surface area contributed by atoms with E-state index in [2.05, 4.69) is 173 Å². The van der Waals surface area contributed by atoms with Crippen molar-refractivity contribution >= 4 is 87.5 Å². The van der Waals surface area contributed by atoms with Gasteiger partial charge in [0.1, 0.15) is 16.7 Å². The molecule has 0 bridgehead atoms. The normalized spacial score (nSPS) is 12.2. The van der Waals surface area contributed by atoms with Gasteiger partial charge in [-0.05, 0) is 83.9 Å². The van der Waals surface area contributed by atoms with Crippen molar-refractivity contribution in [2.75, 3.05) is 0 Å². The summed E-state index contributed by atoms with van der Waals surface area (Å²) in [4.78, 5) is 0. The Morgan fingerprint density at radius 3 is 1.85 bits per heavy atom. The molecule has 12 aromatic rings. The summed E-state index contributed by atoms with van der Waals surface area (Å²) in [6.45, 7) is 0. The highest BCUT2D eigenvalue weighted by molar-refractivity contribution is 6.22. The maximum Gasteiger partial charge on any atom is 0.160 e. The highest BCUT2D eigenvalue weighted by atomic mass is 16.3. The largest absolute Gasteiger partial charge is 0.456 e. The summed E-state index contributed by atoms with van der Waals surface area (Å²) in [5, 5.41) is 9.30. The lowest BCUT2D eigenvalue weighted by Crippen LogP contribution is -1.93. The van der Waals surface area contributed by atoms with E-state index in [9.17, 15) is 0 Å². The first kappa shape index (κ1) is 27.7. The van der Waals surface area contributed by atoms with E-state index in [0.717, 1.165) is 82.8 Å². The van der Waals surface area contributed by atoms with Crippen LogP contribution in [0.4, 0.5) is 0 Å². The lowest BCUT2D eigenvalue weighted by molar-refractivity contribution is 0.669. The minimum absolute atomic E-state index is 0.876. The van der Waals surface area contributed by atoms with Crippen molar-refractivity contribution in [2.45, 2.75) is 0 Å². The molecule has 4 heterocycles. The van der Waals surface area contributed by atoms with Crippen LogP contribution in [0.5, 0.6) is 0 Å². The molecule has 0 amide bonds. The number of fused-ring (bicyclic) bond motifs is 13. The highest BCUT2D eigenvalue weighted by Crippen LogP contribution is 2.44. The van der Waals surface area contributed by atoms with Gasteiger partial charge in [-0.2, -0.15) is 0 Å². The number of benzene rings is 8. The fourth-order valence-corrected chi connectivity index (χ4v) is 8.69. The highest BCUT2D eigenvalue weighted by Gasteiger charge is 2.21. The molecular formula is C48H28N2O2. The lowest BCUT2D eigenvalue weighted by Gasteiger charge is -2.09. The minimum Gasteiger partial charge on any atom is -0.456 e. The first-order valence-electron chi connectivity index (χ1n) is 17.7. The third-order valence-electron chi connectivity index (χ3n) is 10.9. The van der Waals surface area contributed by atoms with Gasteiger partial charge in [0.25, 0.3) is 0 Å². The fourth-order valence-electron chi connectivity index (χ4n) is 8.69. The van der Waals surface area contributed by atoms with E-state index >= 15 is 0 Å². The van der Waals surface area contributed by atoms with E-state index < -0.39 is 0 Å². The van der Waals surface area contributed by atoms with Crippen molar-refractivity contribution in [1.82, 2.24) is 9.13 Å². The van der Waals surface area contributed by atoms with Gasteiger partial charge >= 0.3 is 0 Å². The summed E-state index contributed by atoms with van der Waals surface area (Å²) in [5.41, 5.74) is 12.6. The molecule has 0 aliphatic heterocycles. The van der Waals surface area contributed by atoms with Crippen LogP contribution < -0.4 is 0 Å². The number of para-hydroxylation sites is 4. The van der Waals surface area contributed by atoms with Gasteiger partial charge in [0.2, 0.25) is 0 Å². The molecule has 4 nitrogen and oxygen atoms in total. The molecule has 4 heteroatoms. The Morgan fingerprint density at radius 1 is 0.346 bits per heavy atom. The third kappa shape index (κ3) is 3.70. The Morgan fingerprint density at radius 2 is 1.02 bits per heavy atom. The molecule has 4 aromatic heterocycles. The summed E-state index contributed by atoms with van der Waals surface area (Å²) in [6.07, 6.45) is 0. The number of rotatable bonds is 3. The standard InChI is InChI=1S/C48H28N2O2/c1-2-11-30(12-3-1)50-42-25-21-29(27-38(42)36-23-24-37-35-15-6-9-19-43(35)52-48(37)47(36)50)32-16-10-20-45-46(32)39-28-31(22-26-44(39)51-45)49-40-17-7-4-13-33(40)34-14-5-8-18-41(34)49/h1-28H. The first-order chi connectivity index (χ1) is 25.8. The fraction of sp³-hybridized carbons (Fsp3) is 0. The van der Waals surface area contributed by atoms with E-state index in [4.69, 9.17) is 8.83 Å². The molecule has 12 rings (SSSR count).